The van der Waals surface area contributed by atoms with Crippen LogP contribution in [0.25, 0.3) is 0 Å². The first-order valence-electron chi connectivity index (χ1n) is 3.41. The van der Waals surface area contributed by atoms with Crippen molar-refractivity contribution in [2.24, 2.45) is 0 Å². The molecule has 1 rings (SSSR count). The highest BCUT2D eigenvalue weighted by atomic mass is 19.1. The van der Waals surface area contributed by atoms with E-state index in [4.69, 9.17) is 0 Å². The topological polar surface area (TPSA) is 34.1 Å². The van der Waals surface area contributed by atoms with E-state index in [-0.39, 0.29) is 16.9 Å². The highest BCUT2D eigenvalue weighted by Crippen LogP contribution is 2.11. The Labute approximate surface area is 69.0 Å². The van der Waals surface area contributed by atoms with Crippen molar-refractivity contribution in [1.29, 1.82) is 0 Å². The van der Waals surface area contributed by atoms with Gasteiger partial charge >= 0.3 is 0 Å². The summed E-state index contributed by atoms with van der Waals surface area (Å²) in [5, 5.41) is 0. The Morgan fingerprint density at radius 3 is 2.58 bits per heavy atom. The summed E-state index contributed by atoms with van der Waals surface area (Å²) in [6.07, 6.45) is 0.353. The van der Waals surface area contributed by atoms with Crippen molar-refractivity contribution in [2.45, 2.75) is 6.92 Å². The van der Waals surface area contributed by atoms with Gasteiger partial charge in [-0.2, -0.15) is 0 Å². The van der Waals surface area contributed by atoms with E-state index < -0.39 is 5.82 Å². The number of halogens is 1. The second-order valence-corrected chi connectivity index (χ2v) is 2.38. The van der Waals surface area contributed by atoms with Crippen molar-refractivity contribution >= 4 is 12.1 Å². The zero-order chi connectivity index (χ0) is 9.14. The average Bonchev–Trinajstić information content (AvgIpc) is 2.03. The smallest absolute Gasteiger partial charge is 0.160 e. The lowest BCUT2D eigenvalue weighted by Gasteiger charge is -1.99. The number of Topliss-reactive ketones (excluding diaryl/α,β-unsaturated/α-hetero) is 1. The lowest BCUT2D eigenvalue weighted by Crippen LogP contribution is -2.00. The van der Waals surface area contributed by atoms with Crippen LogP contribution in [0, 0.1) is 5.82 Å². The van der Waals surface area contributed by atoms with Crippen LogP contribution in [0.5, 0.6) is 0 Å². The van der Waals surface area contributed by atoms with Gasteiger partial charge in [0.25, 0.3) is 0 Å². The Morgan fingerprint density at radius 2 is 2.17 bits per heavy atom. The highest BCUT2D eigenvalue weighted by Gasteiger charge is 2.09. The van der Waals surface area contributed by atoms with E-state index in [0.717, 1.165) is 6.07 Å². The van der Waals surface area contributed by atoms with Gasteiger partial charge in [0.05, 0.1) is 5.56 Å². The van der Waals surface area contributed by atoms with Crippen LogP contribution < -0.4 is 0 Å². The third-order valence-corrected chi connectivity index (χ3v) is 1.55. The molecule has 0 radical (unpaired) electrons. The third kappa shape index (κ3) is 1.39. The van der Waals surface area contributed by atoms with Gasteiger partial charge in [-0.15, -0.1) is 0 Å². The molecule has 0 N–H and O–H groups in total. The summed E-state index contributed by atoms with van der Waals surface area (Å²) in [7, 11) is 0. The van der Waals surface area contributed by atoms with E-state index >= 15 is 0 Å². The molecule has 0 aliphatic heterocycles. The van der Waals surface area contributed by atoms with Crippen LogP contribution in [0.2, 0.25) is 0 Å². The van der Waals surface area contributed by atoms with Crippen LogP contribution in [0.15, 0.2) is 18.2 Å². The lowest BCUT2D eigenvalue weighted by atomic mass is 10.1. The molecule has 62 valence electrons. The maximum absolute atomic E-state index is 12.8. The van der Waals surface area contributed by atoms with Crippen LogP contribution in [-0.4, -0.2) is 12.1 Å². The second-order valence-electron chi connectivity index (χ2n) is 2.38. The van der Waals surface area contributed by atoms with Gasteiger partial charge < -0.3 is 0 Å². The van der Waals surface area contributed by atoms with E-state index in [1.165, 1.54) is 19.1 Å². The van der Waals surface area contributed by atoms with Crippen molar-refractivity contribution in [3.05, 3.63) is 35.1 Å². The molecule has 0 saturated heterocycles. The summed E-state index contributed by atoms with van der Waals surface area (Å²) >= 11 is 0. The van der Waals surface area contributed by atoms with Crippen molar-refractivity contribution in [2.75, 3.05) is 0 Å². The van der Waals surface area contributed by atoms with Crippen molar-refractivity contribution in [1.82, 2.24) is 0 Å². The maximum atomic E-state index is 12.8. The molecule has 1 aromatic rings. The minimum Gasteiger partial charge on any atom is -0.298 e. The number of ketones is 1. The van der Waals surface area contributed by atoms with E-state index in [1.807, 2.05) is 0 Å². The van der Waals surface area contributed by atoms with Gasteiger partial charge in [-0.05, 0) is 13.0 Å². The molecule has 0 amide bonds. The summed E-state index contributed by atoms with van der Waals surface area (Å²) in [5.41, 5.74) is -0.0324. The molecule has 0 unspecified atom stereocenters. The average molecular weight is 166 g/mol. The summed E-state index contributed by atoms with van der Waals surface area (Å²) in [6.45, 7) is 1.29. The Hall–Kier alpha value is -1.51. The van der Waals surface area contributed by atoms with Gasteiger partial charge in [-0.1, -0.05) is 12.1 Å². The first-order valence-corrected chi connectivity index (χ1v) is 3.41. The number of hydrogen-bond acceptors (Lipinski definition) is 2. The fourth-order valence-electron chi connectivity index (χ4n) is 0.964. The molecular formula is C9H7FO2. The monoisotopic (exact) mass is 166 g/mol. The molecule has 0 fully saturated rings. The van der Waals surface area contributed by atoms with Crippen molar-refractivity contribution in [3.63, 3.8) is 0 Å². The second kappa shape index (κ2) is 3.26. The molecule has 0 spiro atoms. The summed E-state index contributed by atoms with van der Waals surface area (Å²) in [4.78, 5) is 21.2. The maximum Gasteiger partial charge on any atom is 0.160 e. The molecule has 0 aromatic heterocycles. The summed E-state index contributed by atoms with van der Waals surface area (Å²) in [6, 6.07) is 3.98. The standard InChI is InChI=1S/C9H7FO2/c1-6(12)7-3-2-4-9(10)8(7)5-11/h2-5H,1H3. The quantitative estimate of drug-likeness (QED) is 0.496. The van der Waals surface area contributed by atoms with E-state index in [2.05, 4.69) is 0 Å². The van der Waals surface area contributed by atoms with Crippen LogP contribution in [0.1, 0.15) is 27.6 Å². The number of rotatable bonds is 2. The first kappa shape index (κ1) is 8.59. The van der Waals surface area contributed by atoms with Crippen LogP contribution in [0.3, 0.4) is 0 Å². The molecule has 0 aliphatic rings. The molecular weight excluding hydrogens is 159 g/mol. The van der Waals surface area contributed by atoms with Gasteiger partial charge in [0, 0.05) is 5.56 Å². The molecule has 1 aromatic carbocycles. The fraction of sp³-hybridized carbons (Fsp3) is 0.111. The minimum absolute atomic E-state index is 0.130. The van der Waals surface area contributed by atoms with E-state index in [1.54, 1.807) is 0 Å². The van der Waals surface area contributed by atoms with Gasteiger partial charge in [0.15, 0.2) is 12.1 Å². The zero-order valence-corrected chi connectivity index (χ0v) is 6.50. The lowest BCUT2D eigenvalue weighted by molar-refractivity contribution is 0.100. The Kier molecular flexibility index (Phi) is 2.33. The minimum atomic E-state index is -0.655. The SMILES string of the molecule is CC(=O)c1cccc(F)c1C=O. The van der Waals surface area contributed by atoms with Gasteiger partial charge in [-0.3, -0.25) is 9.59 Å². The van der Waals surface area contributed by atoms with Gasteiger partial charge in [-0.25, -0.2) is 4.39 Å². The van der Waals surface area contributed by atoms with Gasteiger partial charge in [0.2, 0.25) is 0 Å². The van der Waals surface area contributed by atoms with Crippen LogP contribution in [0.4, 0.5) is 4.39 Å². The predicted molar refractivity (Wildman–Crippen MR) is 41.8 cm³/mol. The highest BCUT2D eigenvalue weighted by molar-refractivity contribution is 6.01. The number of hydrogen-bond donors (Lipinski definition) is 0. The van der Waals surface area contributed by atoms with Crippen LogP contribution in [-0.2, 0) is 0 Å². The summed E-state index contributed by atoms with van der Waals surface area (Å²) in [5.74, 6) is -0.964. The number of aldehydes is 1. The third-order valence-electron chi connectivity index (χ3n) is 1.55. The summed E-state index contributed by atoms with van der Waals surface area (Å²) < 4.78 is 12.8. The van der Waals surface area contributed by atoms with E-state index in [9.17, 15) is 14.0 Å². The Morgan fingerprint density at radius 1 is 1.50 bits per heavy atom. The normalized spacial score (nSPS) is 9.50. The van der Waals surface area contributed by atoms with Crippen LogP contribution >= 0.6 is 0 Å². The predicted octanol–water partition coefficient (Wildman–Crippen LogP) is 1.84. The Bertz CT molecular complexity index is 331. The number of carbonyl (C=O) groups is 2. The largest absolute Gasteiger partial charge is 0.298 e. The zero-order valence-electron chi connectivity index (χ0n) is 6.50. The molecule has 12 heavy (non-hydrogen) atoms. The van der Waals surface area contributed by atoms with E-state index in [0.29, 0.717) is 6.29 Å². The van der Waals surface area contributed by atoms with Crippen molar-refractivity contribution < 1.29 is 14.0 Å². The molecule has 2 nitrogen and oxygen atoms in total. The molecule has 0 atom stereocenters. The number of benzene rings is 1. The molecule has 0 bridgehead atoms. The van der Waals surface area contributed by atoms with Crippen molar-refractivity contribution in [3.8, 4) is 0 Å². The number of carbonyl (C=O) groups excluding carboxylic acids is 2. The molecule has 0 heterocycles. The molecule has 0 aliphatic carbocycles. The first-order chi connectivity index (χ1) is 5.66. The van der Waals surface area contributed by atoms with Gasteiger partial charge in [0.1, 0.15) is 5.82 Å². The molecule has 3 heteroatoms. The molecule has 0 saturated carbocycles. The Balaban J connectivity index is 3.37. The fourth-order valence-corrected chi connectivity index (χ4v) is 0.964.